The van der Waals surface area contributed by atoms with Gasteiger partial charge >= 0.3 is 0 Å². The van der Waals surface area contributed by atoms with E-state index in [0.717, 1.165) is 6.07 Å². The van der Waals surface area contributed by atoms with E-state index in [1.165, 1.54) is 6.07 Å². The number of benzene rings is 1. The van der Waals surface area contributed by atoms with Crippen LogP contribution in [0, 0.1) is 22.9 Å². The number of hydrogen-bond acceptors (Lipinski definition) is 1. The lowest BCUT2D eigenvalue weighted by atomic mass is 9.97. The number of halogens is 3. The Bertz CT molecular complexity index is 545. The molecule has 0 aliphatic heterocycles. The van der Waals surface area contributed by atoms with Crippen molar-refractivity contribution in [3.63, 3.8) is 0 Å². The van der Waals surface area contributed by atoms with Crippen molar-refractivity contribution in [2.24, 2.45) is 0 Å². The Kier molecular flexibility index (Phi) is 5.10. The molecule has 0 unspecified atom stereocenters. The zero-order valence-corrected chi connectivity index (χ0v) is 11.0. The molecule has 0 saturated heterocycles. The van der Waals surface area contributed by atoms with Crippen LogP contribution in [0.15, 0.2) is 30.4 Å². The van der Waals surface area contributed by atoms with Gasteiger partial charge in [0.25, 0.3) is 0 Å². The van der Waals surface area contributed by atoms with Crippen LogP contribution in [0.2, 0.25) is 0 Å². The molecule has 0 radical (unpaired) electrons. The van der Waals surface area contributed by atoms with Crippen LogP contribution in [0.25, 0.3) is 5.57 Å². The van der Waals surface area contributed by atoms with Crippen molar-refractivity contribution in [3.05, 3.63) is 53.4 Å². The Hall–Kier alpha value is -1.84. The number of hydrogen-bond donors (Lipinski definition) is 1. The molecule has 0 fully saturated rings. The van der Waals surface area contributed by atoms with Crippen molar-refractivity contribution in [2.45, 2.75) is 26.7 Å². The number of allylic oxidation sites excluding steroid dienone is 3. The molecule has 0 aliphatic carbocycles. The lowest BCUT2D eigenvalue weighted by Crippen LogP contribution is -2.01. The number of rotatable bonds is 5. The van der Waals surface area contributed by atoms with Crippen LogP contribution >= 0.6 is 0 Å². The Morgan fingerprint density at radius 3 is 2.37 bits per heavy atom. The SMILES string of the molecule is C=C(C)C(=N)CC/C(=C\C)c1ccc(F)c(F)c1F. The Labute approximate surface area is 111 Å². The summed E-state index contributed by atoms with van der Waals surface area (Å²) in [5, 5.41) is 7.65. The van der Waals surface area contributed by atoms with E-state index in [2.05, 4.69) is 6.58 Å². The van der Waals surface area contributed by atoms with Crippen molar-refractivity contribution in [3.8, 4) is 0 Å². The van der Waals surface area contributed by atoms with Crippen molar-refractivity contribution < 1.29 is 13.2 Å². The van der Waals surface area contributed by atoms with Gasteiger partial charge in [0.2, 0.25) is 0 Å². The molecule has 0 saturated carbocycles. The van der Waals surface area contributed by atoms with E-state index in [1.54, 1.807) is 19.9 Å². The van der Waals surface area contributed by atoms with Crippen LogP contribution in [0.4, 0.5) is 13.2 Å². The summed E-state index contributed by atoms with van der Waals surface area (Å²) < 4.78 is 39.7. The van der Waals surface area contributed by atoms with Gasteiger partial charge in [-0.2, -0.15) is 0 Å². The van der Waals surface area contributed by atoms with E-state index in [0.29, 0.717) is 29.7 Å². The molecular formula is C15H16F3N. The van der Waals surface area contributed by atoms with Crippen LogP contribution in [0.5, 0.6) is 0 Å². The highest BCUT2D eigenvalue weighted by atomic mass is 19.2. The maximum absolute atomic E-state index is 13.7. The monoisotopic (exact) mass is 267 g/mol. The summed E-state index contributed by atoms with van der Waals surface area (Å²) in [7, 11) is 0. The van der Waals surface area contributed by atoms with Crippen molar-refractivity contribution >= 4 is 11.3 Å². The van der Waals surface area contributed by atoms with Crippen molar-refractivity contribution in [2.75, 3.05) is 0 Å². The summed E-state index contributed by atoms with van der Waals surface area (Å²) in [5.41, 5.74) is 1.59. The lowest BCUT2D eigenvalue weighted by molar-refractivity contribution is 0.445. The van der Waals surface area contributed by atoms with Gasteiger partial charge in [-0.25, -0.2) is 13.2 Å². The summed E-state index contributed by atoms with van der Waals surface area (Å²) >= 11 is 0. The van der Waals surface area contributed by atoms with Gasteiger partial charge in [-0.05, 0) is 50.0 Å². The maximum Gasteiger partial charge on any atom is 0.195 e. The molecular weight excluding hydrogens is 251 g/mol. The molecule has 19 heavy (non-hydrogen) atoms. The molecule has 1 rings (SSSR count). The van der Waals surface area contributed by atoms with Crippen LogP contribution in [0.3, 0.4) is 0 Å². The summed E-state index contributed by atoms with van der Waals surface area (Å²) in [6.45, 7) is 7.06. The lowest BCUT2D eigenvalue weighted by Gasteiger charge is -2.10. The largest absolute Gasteiger partial charge is 0.305 e. The van der Waals surface area contributed by atoms with E-state index >= 15 is 0 Å². The van der Waals surface area contributed by atoms with Gasteiger partial charge in [0.1, 0.15) is 0 Å². The second-order valence-electron chi connectivity index (χ2n) is 4.30. The predicted molar refractivity (Wildman–Crippen MR) is 71.7 cm³/mol. The predicted octanol–water partition coefficient (Wildman–Crippen LogP) is 4.88. The zero-order chi connectivity index (χ0) is 14.6. The second kappa shape index (κ2) is 6.36. The third-order valence-electron chi connectivity index (χ3n) is 2.89. The molecule has 0 spiro atoms. The molecule has 1 nitrogen and oxygen atoms in total. The van der Waals surface area contributed by atoms with Gasteiger partial charge in [-0.15, -0.1) is 0 Å². The quantitative estimate of drug-likeness (QED) is 0.580. The van der Waals surface area contributed by atoms with E-state index in [4.69, 9.17) is 5.41 Å². The third kappa shape index (κ3) is 3.56. The van der Waals surface area contributed by atoms with E-state index in [-0.39, 0.29) is 5.56 Å². The Balaban J connectivity index is 2.97. The highest BCUT2D eigenvalue weighted by molar-refractivity contribution is 5.97. The first-order chi connectivity index (χ1) is 8.88. The van der Waals surface area contributed by atoms with Crippen LogP contribution in [-0.2, 0) is 0 Å². The average Bonchev–Trinajstić information content (AvgIpc) is 2.38. The average molecular weight is 267 g/mol. The fourth-order valence-corrected chi connectivity index (χ4v) is 1.68. The van der Waals surface area contributed by atoms with E-state index in [9.17, 15) is 13.2 Å². The molecule has 4 heteroatoms. The van der Waals surface area contributed by atoms with Gasteiger partial charge in [-0.1, -0.05) is 12.7 Å². The minimum Gasteiger partial charge on any atom is -0.305 e. The summed E-state index contributed by atoms with van der Waals surface area (Å²) in [6.07, 6.45) is 2.40. The summed E-state index contributed by atoms with van der Waals surface area (Å²) in [4.78, 5) is 0. The molecule has 1 aromatic rings. The second-order valence-corrected chi connectivity index (χ2v) is 4.30. The molecule has 0 amide bonds. The summed E-state index contributed by atoms with van der Waals surface area (Å²) in [5.74, 6) is -3.85. The first-order valence-corrected chi connectivity index (χ1v) is 5.90. The Morgan fingerprint density at radius 1 is 1.21 bits per heavy atom. The van der Waals surface area contributed by atoms with Crippen LogP contribution in [-0.4, -0.2) is 5.71 Å². The first-order valence-electron chi connectivity index (χ1n) is 5.90. The molecule has 0 aromatic heterocycles. The van der Waals surface area contributed by atoms with Gasteiger partial charge in [0, 0.05) is 11.3 Å². The van der Waals surface area contributed by atoms with Crippen molar-refractivity contribution in [1.29, 1.82) is 5.41 Å². The normalized spacial score (nSPS) is 11.5. The number of nitrogens with one attached hydrogen (secondary N) is 1. The molecule has 0 aliphatic rings. The highest BCUT2D eigenvalue weighted by Crippen LogP contribution is 2.26. The van der Waals surface area contributed by atoms with Crippen molar-refractivity contribution in [1.82, 2.24) is 0 Å². The molecule has 1 aromatic carbocycles. The smallest absolute Gasteiger partial charge is 0.195 e. The highest BCUT2D eigenvalue weighted by Gasteiger charge is 2.16. The van der Waals surface area contributed by atoms with Gasteiger partial charge in [0.15, 0.2) is 17.5 Å². The molecule has 0 bridgehead atoms. The Morgan fingerprint density at radius 2 is 1.84 bits per heavy atom. The molecule has 102 valence electrons. The van der Waals surface area contributed by atoms with E-state index in [1.807, 2.05) is 0 Å². The first kappa shape index (κ1) is 15.2. The summed E-state index contributed by atoms with van der Waals surface area (Å²) in [6, 6.07) is 2.12. The van der Waals surface area contributed by atoms with Crippen LogP contribution in [0.1, 0.15) is 32.3 Å². The minimum atomic E-state index is -1.47. The third-order valence-corrected chi connectivity index (χ3v) is 2.89. The topological polar surface area (TPSA) is 23.9 Å². The fraction of sp³-hybridized carbons (Fsp3) is 0.267. The molecule has 0 atom stereocenters. The fourth-order valence-electron chi connectivity index (χ4n) is 1.68. The van der Waals surface area contributed by atoms with Gasteiger partial charge in [0.05, 0.1) is 0 Å². The van der Waals surface area contributed by atoms with Gasteiger partial charge < -0.3 is 5.41 Å². The zero-order valence-electron chi connectivity index (χ0n) is 11.0. The maximum atomic E-state index is 13.7. The molecule has 0 heterocycles. The van der Waals surface area contributed by atoms with Gasteiger partial charge in [-0.3, -0.25) is 0 Å². The standard InChI is InChI=1S/C15H16F3N/c1-4-10(5-8-13(19)9(2)3)11-6-7-12(16)15(18)14(11)17/h4,6-7,19H,2,5,8H2,1,3H3/b10-4+,19-13?. The molecule has 1 N–H and O–H groups in total. The van der Waals surface area contributed by atoms with E-state index < -0.39 is 17.5 Å². The minimum absolute atomic E-state index is 0.0379. The van der Waals surface area contributed by atoms with Crippen LogP contribution < -0.4 is 0 Å².